The summed E-state index contributed by atoms with van der Waals surface area (Å²) in [6.07, 6.45) is 0. The van der Waals surface area contributed by atoms with Crippen molar-refractivity contribution in [3.63, 3.8) is 0 Å². The zero-order chi connectivity index (χ0) is 22.1. The molecule has 31 heavy (non-hydrogen) atoms. The van der Waals surface area contributed by atoms with Crippen molar-refractivity contribution in [1.29, 1.82) is 0 Å². The predicted molar refractivity (Wildman–Crippen MR) is 124 cm³/mol. The third kappa shape index (κ3) is 4.69. The summed E-state index contributed by atoms with van der Waals surface area (Å²) in [7, 11) is 0. The average Bonchev–Trinajstić information content (AvgIpc) is 3.12. The summed E-state index contributed by atoms with van der Waals surface area (Å²) in [6, 6.07) is 14.3. The molecule has 0 aliphatic carbocycles. The molecule has 2 N–H and O–H groups in total. The van der Waals surface area contributed by atoms with Gasteiger partial charge in [0.15, 0.2) is 10.7 Å². The number of rotatable bonds is 3. The van der Waals surface area contributed by atoms with E-state index in [-0.39, 0.29) is 15.7 Å². The topological polar surface area (TPSA) is 67.2 Å². The minimum Gasteiger partial charge on any atom is -0.436 e. The Hall–Kier alpha value is -3.00. The van der Waals surface area contributed by atoms with E-state index in [0.29, 0.717) is 33.3 Å². The van der Waals surface area contributed by atoms with Crippen LogP contribution in [0, 0.1) is 12.7 Å². The van der Waals surface area contributed by atoms with Crippen LogP contribution >= 0.6 is 35.4 Å². The van der Waals surface area contributed by atoms with Gasteiger partial charge in [-0.3, -0.25) is 10.1 Å². The Balaban J connectivity index is 1.53. The lowest BCUT2D eigenvalue weighted by Gasteiger charge is -2.11. The van der Waals surface area contributed by atoms with E-state index in [1.807, 2.05) is 25.1 Å². The fourth-order valence-electron chi connectivity index (χ4n) is 2.92. The summed E-state index contributed by atoms with van der Waals surface area (Å²) >= 11 is 17.5. The summed E-state index contributed by atoms with van der Waals surface area (Å²) in [6.45, 7) is 1.97. The Kier molecular flexibility index (Phi) is 5.91. The number of fused-ring (bicyclic) bond motifs is 1. The molecular weight excluding hydrogens is 460 g/mol. The van der Waals surface area contributed by atoms with Gasteiger partial charge in [-0.15, -0.1) is 0 Å². The quantitative estimate of drug-likeness (QED) is 0.338. The zero-order valence-electron chi connectivity index (χ0n) is 16.0. The Labute approximate surface area is 192 Å². The van der Waals surface area contributed by atoms with Crippen LogP contribution in [0.15, 0.2) is 59.0 Å². The standard InChI is InChI=1S/C22H14Cl2FN3O2S/c1-11-2-7-18-19(8-11)30-21(27-18)15-10-13(4-6-16(15)23)26-22(31)28-20(29)14-5-3-12(25)9-17(14)24/h2-10H,1H3,(H2,26,28,29,31). The van der Waals surface area contributed by atoms with Gasteiger partial charge < -0.3 is 9.73 Å². The fourth-order valence-corrected chi connectivity index (χ4v) is 3.58. The van der Waals surface area contributed by atoms with Crippen molar-refractivity contribution in [3.05, 3.63) is 81.6 Å². The highest BCUT2D eigenvalue weighted by atomic mass is 35.5. The smallest absolute Gasteiger partial charge is 0.258 e. The van der Waals surface area contributed by atoms with Gasteiger partial charge in [0.2, 0.25) is 5.89 Å². The molecule has 4 rings (SSSR count). The molecule has 0 unspecified atom stereocenters. The van der Waals surface area contributed by atoms with Crippen molar-refractivity contribution in [2.24, 2.45) is 0 Å². The SMILES string of the molecule is Cc1ccc2nc(-c3cc(NC(=S)NC(=O)c4ccc(F)cc4Cl)ccc3Cl)oc2c1. The molecule has 4 aromatic rings. The number of thiocarbonyl (C=S) groups is 1. The molecule has 0 bridgehead atoms. The molecule has 5 nitrogen and oxygen atoms in total. The van der Waals surface area contributed by atoms with Gasteiger partial charge in [0.1, 0.15) is 11.3 Å². The van der Waals surface area contributed by atoms with Gasteiger partial charge >= 0.3 is 0 Å². The summed E-state index contributed by atoms with van der Waals surface area (Å²) < 4.78 is 19.0. The molecule has 0 aliphatic heterocycles. The van der Waals surface area contributed by atoms with Crippen molar-refractivity contribution < 1.29 is 13.6 Å². The molecule has 0 fully saturated rings. The molecule has 1 aromatic heterocycles. The largest absolute Gasteiger partial charge is 0.436 e. The van der Waals surface area contributed by atoms with Gasteiger partial charge in [-0.05, 0) is 73.2 Å². The maximum atomic E-state index is 13.2. The predicted octanol–water partition coefficient (Wildman–Crippen LogP) is 6.38. The minimum atomic E-state index is -0.564. The van der Waals surface area contributed by atoms with Gasteiger partial charge in [0.05, 0.1) is 21.2 Å². The first-order valence-electron chi connectivity index (χ1n) is 9.04. The van der Waals surface area contributed by atoms with Crippen LogP contribution in [0.1, 0.15) is 15.9 Å². The van der Waals surface area contributed by atoms with Crippen molar-refractivity contribution >= 4 is 63.2 Å². The number of aromatic nitrogens is 1. The second-order valence-electron chi connectivity index (χ2n) is 6.72. The molecule has 156 valence electrons. The minimum absolute atomic E-state index is 0.0136. The van der Waals surface area contributed by atoms with Crippen LogP contribution in [0.4, 0.5) is 10.1 Å². The number of carbonyl (C=O) groups is 1. The van der Waals surface area contributed by atoms with Gasteiger partial charge in [0.25, 0.3) is 5.91 Å². The summed E-state index contributed by atoms with van der Waals surface area (Å²) in [5, 5.41) is 5.88. The van der Waals surface area contributed by atoms with Gasteiger partial charge in [-0.1, -0.05) is 29.3 Å². The normalized spacial score (nSPS) is 10.8. The number of nitrogens with zero attached hydrogens (tertiary/aromatic N) is 1. The number of anilines is 1. The van der Waals surface area contributed by atoms with E-state index >= 15 is 0 Å². The number of oxazole rings is 1. The lowest BCUT2D eigenvalue weighted by atomic mass is 10.2. The monoisotopic (exact) mass is 473 g/mol. The highest BCUT2D eigenvalue weighted by Gasteiger charge is 2.15. The molecule has 0 spiro atoms. The average molecular weight is 474 g/mol. The molecule has 1 amide bonds. The van der Waals surface area contributed by atoms with Crippen molar-refractivity contribution in [1.82, 2.24) is 10.3 Å². The van der Waals surface area contributed by atoms with E-state index < -0.39 is 11.7 Å². The highest BCUT2D eigenvalue weighted by Crippen LogP contribution is 2.32. The number of hydrogen-bond donors (Lipinski definition) is 2. The number of hydrogen-bond acceptors (Lipinski definition) is 4. The Morgan fingerprint density at radius 3 is 2.65 bits per heavy atom. The first-order valence-corrected chi connectivity index (χ1v) is 10.2. The van der Waals surface area contributed by atoms with E-state index in [9.17, 15) is 9.18 Å². The molecule has 9 heteroatoms. The lowest BCUT2D eigenvalue weighted by molar-refractivity contribution is 0.0978. The van der Waals surface area contributed by atoms with E-state index in [4.69, 9.17) is 39.8 Å². The molecule has 0 atom stereocenters. The number of benzene rings is 3. The van der Waals surface area contributed by atoms with Crippen LogP contribution in [0.2, 0.25) is 10.0 Å². The lowest BCUT2D eigenvalue weighted by Crippen LogP contribution is -2.34. The van der Waals surface area contributed by atoms with E-state index in [1.165, 1.54) is 6.07 Å². The van der Waals surface area contributed by atoms with Crippen LogP contribution in [0.5, 0.6) is 0 Å². The van der Waals surface area contributed by atoms with E-state index in [1.54, 1.807) is 18.2 Å². The second kappa shape index (κ2) is 8.63. The maximum absolute atomic E-state index is 13.2. The third-order valence-corrected chi connectivity index (χ3v) is 5.25. The highest BCUT2D eigenvalue weighted by molar-refractivity contribution is 7.80. The van der Waals surface area contributed by atoms with Crippen LogP contribution in [0.3, 0.4) is 0 Å². The molecular formula is C22H14Cl2FN3O2S. The van der Waals surface area contributed by atoms with Gasteiger partial charge in [0, 0.05) is 5.69 Å². The molecule has 0 saturated heterocycles. The number of halogens is 3. The fraction of sp³-hybridized carbons (Fsp3) is 0.0455. The van der Waals surface area contributed by atoms with Gasteiger partial charge in [-0.25, -0.2) is 9.37 Å². The Morgan fingerprint density at radius 2 is 1.87 bits per heavy atom. The number of aryl methyl sites for hydroxylation is 1. The van der Waals surface area contributed by atoms with Crippen molar-refractivity contribution in [2.75, 3.05) is 5.32 Å². The van der Waals surface area contributed by atoms with E-state index in [2.05, 4.69) is 15.6 Å². The van der Waals surface area contributed by atoms with Crippen LogP contribution in [-0.4, -0.2) is 16.0 Å². The molecule has 1 heterocycles. The zero-order valence-corrected chi connectivity index (χ0v) is 18.3. The van der Waals surface area contributed by atoms with Crippen LogP contribution < -0.4 is 10.6 Å². The maximum Gasteiger partial charge on any atom is 0.258 e. The number of amides is 1. The van der Waals surface area contributed by atoms with E-state index in [0.717, 1.165) is 17.7 Å². The number of nitrogens with one attached hydrogen (secondary N) is 2. The molecule has 3 aromatic carbocycles. The summed E-state index contributed by atoms with van der Waals surface area (Å²) in [5.41, 5.74) is 3.66. The first kappa shape index (κ1) is 21.2. The van der Waals surface area contributed by atoms with Crippen molar-refractivity contribution in [2.45, 2.75) is 6.92 Å². The summed E-state index contributed by atoms with van der Waals surface area (Å²) in [5.74, 6) is -0.737. The first-order chi connectivity index (χ1) is 14.8. The third-order valence-electron chi connectivity index (χ3n) is 4.40. The Bertz CT molecular complexity index is 1340. The van der Waals surface area contributed by atoms with Gasteiger partial charge in [-0.2, -0.15) is 0 Å². The summed E-state index contributed by atoms with van der Waals surface area (Å²) in [4.78, 5) is 16.8. The second-order valence-corrected chi connectivity index (χ2v) is 7.94. The molecule has 0 saturated carbocycles. The molecule has 0 radical (unpaired) electrons. The Morgan fingerprint density at radius 1 is 1.06 bits per heavy atom. The molecule has 0 aliphatic rings. The van der Waals surface area contributed by atoms with Crippen LogP contribution in [0.25, 0.3) is 22.6 Å². The number of carbonyl (C=O) groups excluding carboxylic acids is 1. The van der Waals surface area contributed by atoms with Crippen LogP contribution in [-0.2, 0) is 0 Å². The van der Waals surface area contributed by atoms with Crippen molar-refractivity contribution in [3.8, 4) is 11.5 Å².